The van der Waals surface area contributed by atoms with E-state index < -0.39 is 24.0 Å². The molecule has 3 rings (SSSR count). The molecule has 2 atom stereocenters. The van der Waals surface area contributed by atoms with Gasteiger partial charge in [-0.25, -0.2) is 4.68 Å². The summed E-state index contributed by atoms with van der Waals surface area (Å²) in [6, 6.07) is 16.1. The number of aromatic nitrogens is 4. The van der Waals surface area contributed by atoms with Crippen LogP contribution in [0, 0.1) is 6.92 Å². The van der Waals surface area contributed by atoms with Gasteiger partial charge in [0.05, 0.1) is 19.1 Å². The highest BCUT2D eigenvalue weighted by molar-refractivity contribution is 5.69. The van der Waals surface area contributed by atoms with Gasteiger partial charge in [0.2, 0.25) is 0 Å². The molecule has 0 spiro atoms. The fraction of sp³-hybridized carbons (Fsp3) is 0.318. The number of carbonyl (C=O) groups excluding carboxylic acids is 1. The average molecular weight is 423 g/mol. The van der Waals surface area contributed by atoms with E-state index in [4.69, 9.17) is 4.74 Å². The number of carboxylic acids is 1. The first-order valence-corrected chi connectivity index (χ1v) is 9.99. The SMILES string of the molecule is CCOC(=O)Cn1nnnc1C(NC(CC(=O)O)c1cccc(C)c1)c1ccccc1. The lowest BCUT2D eigenvalue weighted by atomic mass is 9.98. The van der Waals surface area contributed by atoms with Crippen LogP contribution in [0.1, 0.15) is 47.9 Å². The quantitative estimate of drug-likeness (QED) is 0.477. The van der Waals surface area contributed by atoms with E-state index in [9.17, 15) is 14.7 Å². The molecule has 0 fully saturated rings. The predicted octanol–water partition coefficient (Wildman–Crippen LogP) is 2.44. The molecule has 0 saturated heterocycles. The van der Waals surface area contributed by atoms with Crippen molar-refractivity contribution in [2.45, 2.75) is 38.9 Å². The Balaban J connectivity index is 1.99. The van der Waals surface area contributed by atoms with Gasteiger partial charge in [-0.3, -0.25) is 14.9 Å². The van der Waals surface area contributed by atoms with Gasteiger partial charge in [-0.15, -0.1) is 5.10 Å². The third-order valence-electron chi connectivity index (χ3n) is 4.73. The number of ether oxygens (including phenoxy) is 1. The third kappa shape index (κ3) is 5.95. The molecule has 0 aliphatic heterocycles. The second-order valence-electron chi connectivity index (χ2n) is 7.07. The van der Waals surface area contributed by atoms with Crippen LogP contribution >= 0.6 is 0 Å². The van der Waals surface area contributed by atoms with Crippen molar-refractivity contribution in [3.05, 3.63) is 77.1 Å². The van der Waals surface area contributed by atoms with Crippen molar-refractivity contribution in [1.29, 1.82) is 0 Å². The summed E-state index contributed by atoms with van der Waals surface area (Å²) in [6.45, 7) is 3.79. The maximum Gasteiger partial charge on any atom is 0.327 e. The van der Waals surface area contributed by atoms with Crippen molar-refractivity contribution >= 4 is 11.9 Å². The van der Waals surface area contributed by atoms with E-state index >= 15 is 0 Å². The maximum absolute atomic E-state index is 12.0. The summed E-state index contributed by atoms with van der Waals surface area (Å²) in [5.74, 6) is -0.997. The van der Waals surface area contributed by atoms with Crippen LogP contribution in [0.25, 0.3) is 0 Å². The Morgan fingerprint density at radius 2 is 1.87 bits per heavy atom. The molecule has 3 aromatic rings. The molecule has 2 N–H and O–H groups in total. The smallest absolute Gasteiger partial charge is 0.327 e. The molecule has 2 aromatic carbocycles. The third-order valence-corrected chi connectivity index (χ3v) is 4.73. The number of hydrogen-bond acceptors (Lipinski definition) is 7. The zero-order valence-corrected chi connectivity index (χ0v) is 17.4. The van der Waals surface area contributed by atoms with Gasteiger partial charge < -0.3 is 9.84 Å². The summed E-state index contributed by atoms with van der Waals surface area (Å²) in [6.07, 6.45) is -0.133. The lowest BCUT2D eigenvalue weighted by Gasteiger charge is -2.25. The molecule has 31 heavy (non-hydrogen) atoms. The lowest BCUT2D eigenvalue weighted by Crippen LogP contribution is -2.32. The van der Waals surface area contributed by atoms with Gasteiger partial charge in [0, 0.05) is 6.04 Å². The molecule has 0 radical (unpaired) electrons. The van der Waals surface area contributed by atoms with E-state index in [-0.39, 0.29) is 19.6 Å². The molecule has 1 aromatic heterocycles. The first kappa shape index (κ1) is 22.1. The van der Waals surface area contributed by atoms with Crippen LogP contribution in [0.15, 0.2) is 54.6 Å². The summed E-state index contributed by atoms with van der Waals surface area (Å²) in [4.78, 5) is 23.6. The summed E-state index contributed by atoms with van der Waals surface area (Å²) >= 11 is 0. The predicted molar refractivity (Wildman–Crippen MR) is 112 cm³/mol. The zero-order chi connectivity index (χ0) is 22.2. The lowest BCUT2D eigenvalue weighted by molar-refractivity contribution is -0.144. The van der Waals surface area contributed by atoms with Gasteiger partial charge in [0.15, 0.2) is 5.82 Å². The standard InChI is InChI=1S/C22H25N5O4/c1-3-31-20(30)14-27-22(24-25-26-27)21(16-9-5-4-6-10-16)23-18(13-19(28)29)17-11-7-8-15(2)12-17/h4-12,18,21,23H,3,13-14H2,1-2H3,(H,28,29). The van der Waals surface area contributed by atoms with Crippen LogP contribution < -0.4 is 5.32 Å². The van der Waals surface area contributed by atoms with Crippen molar-refractivity contribution in [3.8, 4) is 0 Å². The number of rotatable bonds is 10. The average Bonchev–Trinajstić information content (AvgIpc) is 3.19. The first-order valence-electron chi connectivity index (χ1n) is 9.99. The fourth-order valence-corrected chi connectivity index (χ4v) is 3.36. The number of nitrogens with one attached hydrogen (secondary N) is 1. The normalized spacial score (nSPS) is 12.8. The van der Waals surface area contributed by atoms with Gasteiger partial charge in [-0.2, -0.15) is 0 Å². The monoisotopic (exact) mass is 423 g/mol. The summed E-state index contributed by atoms with van der Waals surface area (Å²) < 4.78 is 6.39. The highest BCUT2D eigenvalue weighted by atomic mass is 16.5. The van der Waals surface area contributed by atoms with Crippen molar-refractivity contribution in [1.82, 2.24) is 25.5 Å². The first-order chi connectivity index (χ1) is 15.0. The highest BCUT2D eigenvalue weighted by Gasteiger charge is 2.27. The number of esters is 1. The van der Waals surface area contributed by atoms with Crippen LogP contribution in [0.4, 0.5) is 0 Å². The van der Waals surface area contributed by atoms with E-state index in [1.54, 1.807) is 6.92 Å². The molecule has 0 aliphatic rings. The molecule has 9 heteroatoms. The van der Waals surface area contributed by atoms with Crippen LogP contribution in [0.2, 0.25) is 0 Å². The Morgan fingerprint density at radius 1 is 1.13 bits per heavy atom. The Hall–Kier alpha value is -3.59. The number of carbonyl (C=O) groups is 2. The minimum absolute atomic E-state index is 0.133. The van der Waals surface area contributed by atoms with E-state index in [0.717, 1.165) is 16.7 Å². The second kappa shape index (κ2) is 10.4. The molecule has 0 bridgehead atoms. The second-order valence-corrected chi connectivity index (χ2v) is 7.07. The number of carboxylic acid groups (broad SMARTS) is 1. The summed E-state index contributed by atoms with van der Waals surface area (Å²) in [5.41, 5.74) is 2.70. The Morgan fingerprint density at radius 3 is 2.55 bits per heavy atom. The Kier molecular flexibility index (Phi) is 7.45. The van der Waals surface area contributed by atoms with Crippen molar-refractivity contribution in [2.75, 3.05) is 6.61 Å². The molecule has 0 saturated carbocycles. The Labute approximate surface area is 180 Å². The van der Waals surface area contributed by atoms with Gasteiger partial charge in [-0.05, 0) is 35.4 Å². The largest absolute Gasteiger partial charge is 0.481 e. The van der Waals surface area contributed by atoms with Gasteiger partial charge >= 0.3 is 11.9 Å². The van der Waals surface area contributed by atoms with Crippen molar-refractivity contribution in [3.63, 3.8) is 0 Å². The van der Waals surface area contributed by atoms with Crippen LogP contribution in [-0.4, -0.2) is 43.9 Å². The van der Waals surface area contributed by atoms with Gasteiger partial charge in [0.1, 0.15) is 6.54 Å². The maximum atomic E-state index is 12.0. The molecule has 0 amide bonds. The topological polar surface area (TPSA) is 119 Å². The number of benzene rings is 2. The molecule has 2 unspecified atom stereocenters. The van der Waals surface area contributed by atoms with Gasteiger partial charge in [-0.1, -0.05) is 60.2 Å². The van der Waals surface area contributed by atoms with Crippen molar-refractivity contribution in [2.24, 2.45) is 0 Å². The minimum Gasteiger partial charge on any atom is -0.481 e. The molecule has 162 valence electrons. The summed E-state index contributed by atoms with van der Waals surface area (Å²) in [5, 5.41) is 24.7. The number of hydrogen-bond donors (Lipinski definition) is 2. The summed E-state index contributed by atoms with van der Waals surface area (Å²) in [7, 11) is 0. The highest BCUT2D eigenvalue weighted by Crippen LogP contribution is 2.27. The van der Waals surface area contributed by atoms with E-state index in [1.165, 1.54) is 4.68 Å². The van der Waals surface area contributed by atoms with Crippen LogP contribution in [0.3, 0.4) is 0 Å². The molecular weight excluding hydrogens is 398 g/mol. The molecule has 0 aliphatic carbocycles. The van der Waals surface area contributed by atoms with Crippen molar-refractivity contribution < 1.29 is 19.4 Å². The number of tetrazole rings is 1. The molecular formula is C22H25N5O4. The number of nitrogens with zero attached hydrogens (tertiary/aromatic N) is 4. The van der Waals surface area contributed by atoms with Crippen LogP contribution in [0.5, 0.6) is 0 Å². The van der Waals surface area contributed by atoms with E-state index in [1.807, 2.05) is 61.5 Å². The number of aliphatic carboxylic acids is 1. The van der Waals surface area contributed by atoms with Crippen LogP contribution in [-0.2, 0) is 20.9 Å². The number of aryl methyl sites for hydroxylation is 1. The minimum atomic E-state index is -0.933. The van der Waals surface area contributed by atoms with E-state index in [0.29, 0.717) is 5.82 Å². The fourth-order valence-electron chi connectivity index (χ4n) is 3.36. The molecule has 9 nitrogen and oxygen atoms in total. The zero-order valence-electron chi connectivity index (χ0n) is 17.4. The van der Waals surface area contributed by atoms with E-state index in [2.05, 4.69) is 20.8 Å². The molecule has 1 heterocycles. The van der Waals surface area contributed by atoms with Gasteiger partial charge in [0.25, 0.3) is 0 Å². The Bertz CT molecular complexity index is 1020.